The minimum absolute atomic E-state index is 0.144. The zero-order valence-electron chi connectivity index (χ0n) is 13.1. The number of anilines is 2. The summed E-state index contributed by atoms with van der Waals surface area (Å²) in [5.41, 5.74) is 0.900. The number of nitrogens with zero attached hydrogens (tertiary/aromatic N) is 1. The van der Waals surface area contributed by atoms with Crippen molar-refractivity contribution >= 4 is 58.0 Å². The summed E-state index contributed by atoms with van der Waals surface area (Å²) in [6, 6.07) is 8.84. The van der Waals surface area contributed by atoms with Crippen LogP contribution in [0.3, 0.4) is 0 Å². The normalized spacial score (nSPS) is 14.6. The second-order valence-electron chi connectivity index (χ2n) is 5.49. The minimum Gasteiger partial charge on any atom is -0.482 e. The van der Waals surface area contributed by atoms with E-state index < -0.39 is 6.04 Å². The molecule has 5 nitrogen and oxygen atoms in total. The van der Waals surface area contributed by atoms with Crippen LogP contribution in [0.1, 0.15) is 6.92 Å². The average Bonchev–Trinajstić information content (AvgIpc) is 2.53. The molecule has 0 saturated heterocycles. The Morgan fingerprint density at radius 2 is 1.80 bits per heavy atom. The predicted octanol–water partition coefficient (Wildman–Crippen LogP) is 4.40. The van der Waals surface area contributed by atoms with Crippen molar-refractivity contribution in [3.8, 4) is 5.75 Å². The number of benzene rings is 2. The molecule has 2 aromatic rings. The Bertz CT molecular complexity index is 837. The van der Waals surface area contributed by atoms with Crippen LogP contribution in [0, 0.1) is 0 Å². The number of hydrogen-bond donors (Lipinski definition) is 1. The summed E-state index contributed by atoms with van der Waals surface area (Å²) in [5.74, 6) is -0.226. The van der Waals surface area contributed by atoms with Crippen molar-refractivity contribution in [1.29, 1.82) is 0 Å². The number of rotatable bonds is 3. The number of ether oxygens (including phenoxy) is 1. The molecule has 0 radical (unpaired) electrons. The third-order valence-corrected chi connectivity index (χ3v) is 4.37. The number of amides is 2. The summed E-state index contributed by atoms with van der Waals surface area (Å²) in [6.45, 7) is 1.48. The van der Waals surface area contributed by atoms with E-state index in [1.807, 2.05) is 0 Å². The predicted molar refractivity (Wildman–Crippen MR) is 99.0 cm³/mol. The van der Waals surface area contributed by atoms with Gasteiger partial charge in [0.05, 0.1) is 5.69 Å². The van der Waals surface area contributed by atoms with E-state index >= 15 is 0 Å². The van der Waals surface area contributed by atoms with Crippen LogP contribution in [0.2, 0.25) is 15.1 Å². The lowest BCUT2D eigenvalue weighted by atomic mass is 10.1. The zero-order valence-corrected chi connectivity index (χ0v) is 15.3. The van der Waals surface area contributed by atoms with Gasteiger partial charge >= 0.3 is 0 Å². The third-order valence-electron chi connectivity index (χ3n) is 3.70. The summed E-state index contributed by atoms with van der Waals surface area (Å²) in [4.78, 5) is 26.3. The van der Waals surface area contributed by atoms with Gasteiger partial charge in [-0.25, -0.2) is 0 Å². The molecule has 0 spiro atoms. The Morgan fingerprint density at radius 1 is 1.12 bits per heavy atom. The van der Waals surface area contributed by atoms with Gasteiger partial charge in [-0.3, -0.25) is 14.5 Å². The number of fused-ring (bicyclic) bond motifs is 1. The monoisotopic (exact) mass is 398 g/mol. The van der Waals surface area contributed by atoms with Gasteiger partial charge in [0, 0.05) is 20.8 Å². The Hall–Kier alpha value is -1.95. The number of carbonyl (C=O) groups excluding carboxylic acids is 2. The quantitative estimate of drug-likeness (QED) is 0.832. The highest BCUT2D eigenvalue weighted by Gasteiger charge is 2.33. The van der Waals surface area contributed by atoms with Crippen LogP contribution in [-0.2, 0) is 9.59 Å². The summed E-state index contributed by atoms with van der Waals surface area (Å²) in [5, 5.41) is 3.95. The molecule has 25 heavy (non-hydrogen) atoms. The minimum atomic E-state index is -0.786. The lowest BCUT2D eigenvalue weighted by Gasteiger charge is -2.33. The molecular formula is C17H13Cl3N2O3. The van der Waals surface area contributed by atoms with Crippen molar-refractivity contribution in [3.63, 3.8) is 0 Å². The first-order valence-electron chi connectivity index (χ1n) is 7.36. The summed E-state index contributed by atoms with van der Waals surface area (Å²) >= 11 is 17.9. The molecule has 0 bridgehead atoms. The average molecular weight is 400 g/mol. The number of halogens is 3. The Balaban J connectivity index is 1.87. The van der Waals surface area contributed by atoms with Crippen LogP contribution < -0.4 is 15.0 Å². The van der Waals surface area contributed by atoms with Gasteiger partial charge in [-0.15, -0.1) is 0 Å². The fraction of sp³-hybridized carbons (Fsp3) is 0.176. The van der Waals surface area contributed by atoms with Crippen LogP contribution in [0.5, 0.6) is 5.75 Å². The molecule has 130 valence electrons. The van der Waals surface area contributed by atoms with Crippen molar-refractivity contribution < 1.29 is 14.3 Å². The molecule has 1 heterocycles. The van der Waals surface area contributed by atoms with Crippen molar-refractivity contribution in [2.24, 2.45) is 0 Å². The summed E-state index contributed by atoms with van der Waals surface area (Å²) < 4.78 is 5.38. The van der Waals surface area contributed by atoms with Crippen molar-refractivity contribution in [3.05, 3.63) is 51.5 Å². The molecule has 1 aliphatic rings. The molecule has 1 aliphatic heterocycles. The van der Waals surface area contributed by atoms with E-state index in [9.17, 15) is 9.59 Å². The fourth-order valence-corrected chi connectivity index (χ4v) is 3.25. The maximum absolute atomic E-state index is 12.6. The molecule has 1 N–H and O–H groups in total. The smallest absolute Gasteiger partial charge is 0.265 e. The first-order valence-corrected chi connectivity index (χ1v) is 8.50. The SMILES string of the molecule is CC(C(=O)Nc1cc(Cl)cc(Cl)c1)N1C(=O)COc2ccc(Cl)cc21. The highest BCUT2D eigenvalue weighted by Crippen LogP contribution is 2.35. The maximum Gasteiger partial charge on any atom is 0.265 e. The molecule has 0 fully saturated rings. The highest BCUT2D eigenvalue weighted by atomic mass is 35.5. The molecule has 2 aromatic carbocycles. The molecule has 0 saturated carbocycles. The van der Waals surface area contributed by atoms with Gasteiger partial charge < -0.3 is 10.1 Å². The Labute approximate surface area is 159 Å². The first kappa shape index (κ1) is 17.9. The van der Waals surface area contributed by atoms with Crippen LogP contribution in [0.15, 0.2) is 36.4 Å². The van der Waals surface area contributed by atoms with Gasteiger partial charge in [-0.2, -0.15) is 0 Å². The van der Waals surface area contributed by atoms with Crippen LogP contribution in [0.25, 0.3) is 0 Å². The number of nitrogens with one attached hydrogen (secondary N) is 1. The lowest BCUT2D eigenvalue weighted by Crippen LogP contribution is -2.49. The zero-order chi connectivity index (χ0) is 18.1. The van der Waals surface area contributed by atoms with Crippen molar-refractivity contribution in [1.82, 2.24) is 0 Å². The van der Waals surface area contributed by atoms with Gasteiger partial charge in [0.1, 0.15) is 11.8 Å². The van der Waals surface area contributed by atoms with E-state index in [1.165, 1.54) is 4.90 Å². The van der Waals surface area contributed by atoms with Gasteiger partial charge in [-0.1, -0.05) is 34.8 Å². The molecule has 3 rings (SSSR count). The summed E-state index contributed by atoms with van der Waals surface area (Å²) in [6.07, 6.45) is 0. The van der Waals surface area contributed by atoms with Crippen LogP contribution in [0.4, 0.5) is 11.4 Å². The van der Waals surface area contributed by atoms with E-state index in [2.05, 4.69) is 5.32 Å². The molecule has 0 aromatic heterocycles. The van der Waals surface area contributed by atoms with Gasteiger partial charge in [0.2, 0.25) is 5.91 Å². The number of hydrogen-bond acceptors (Lipinski definition) is 3. The number of carbonyl (C=O) groups is 2. The van der Waals surface area contributed by atoms with E-state index in [0.29, 0.717) is 32.2 Å². The fourth-order valence-electron chi connectivity index (χ4n) is 2.56. The Morgan fingerprint density at radius 3 is 2.48 bits per heavy atom. The molecule has 8 heteroatoms. The van der Waals surface area contributed by atoms with E-state index in [4.69, 9.17) is 39.5 Å². The maximum atomic E-state index is 12.6. The topological polar surface area (TPSA) is 58.6 Å². The molecule has 0 aliphatic carbocycles. The molecule has 1 atom stereocenters. The van der Waals surface area contributed by atoms with E-state index in [-0.39, 0.29) is 18.4 Å². The largest absolute Gasteiger partial charge is 0.482 e. The van der Waals surface area contributed by atoms with Gasteiger partial charge in [0.25, 0.3) is 5.91 Å². The highest BCUT2D eigenvalue weighted by molar-refractivity contribution is 6.35. The standard InChI is InChI=1S/C17H13Cl3N2O3/c1-9(17(24)21-13-5-11(19)4-12(20)6-13)22-14-7-10(18)2-3-15(14)25-8-16(22)23/h2-7,9H,8H2,1H3,(H,21,24). The molecule has 1 unspecified atom stereocenters. The second-order valence-corrected chi connectivity index (χ2v) is 6.80. The van der Waals surface area contributed by atoms with Crippen molar-refractivity contribution in [2.45, 2.75) is 13.0 Å². The van der Waals surface area contributed by atoms with Crippen molar-refractivity contribution in [2.75, 3.05) is 16.8 Å². The van der Waals surface area contributed by atoms with Gasteiger partial charge in [0.15, 0.2) is 6.61 Å². The first-order chi connectivity index (χ1) is 11.8. The third kappa shape index (κ3) is 3.84. The van der Waals surface area contributed by atoms with Crippen LogP contribution in [-0.4, -0.2) is 24.5 Å². The van der Waals surface area contributed by atoms with Crippen LogP contribution >= 0.6 is 34.8 Å². The Kier molecular flexibility index (Phi) is 5.08. The van der Waals surface area contributed by atoms with E-state index in [1.54, 1.807) is 43.3 Å². The molecule has 2 amide bonds. The van der Waals surface area contributed by atoms with Gasteiger partial charge in [-0.05, 0) is 43.3 Å². The second kappa shape index (κ2) is 7.12. The molecular weight excluding hydrogens is 387 g/mol. The summed E-state index contributed by atoms with van der Waals surface area (Å²) in [7, 11) is 0. The van der Waals surface area contributed by atoms with E-state index in [0.717, 1.165) is 0 Å². The lowest BCUT2D eigenvalue weighted by molar-refractivity contribution is -0.125.